The molecule has 0 aliphatic heterocycles. The van der Waals surface area contributed by atoms with E-state index in [0.717, 1.165) is 12.8 Å². The Morgan fingerprint density at radius 3 is 2.29 bits per heavy atom. The lowest BCUT2D eigenvalue weighted by Crippen LogP contribution is -2.62. The van der Waals surface area contributed by atoms with Crippen molar-refractivity contribution < 1.29 is 14.7 Å². The van der Waals surface area contributed by atoms with Gasteiger partial charge in [0.25, 0.3) is 0 Å². The van der Waals surface area contributed by atoms with Crippen LogP contribution in [0.25, 0.3) is 0 Å². The van der Waals surface area contributed by atoms with Crippen LogP contribution in [0.5, 0.6) is 0 Å². The Kier molecular flexibility index (Phi) is 4.37. The maximum atomic E-state index is 12.0. The summed E-state index contributed by atoms with van der Waals surface area (Å²) in [6.45, 7) is 6.52. The van der Waals surface area contributed by atoms with E-state index in [-0.39, 0.29) is 12.1 Å². The van der Waals surface area contributed by atoms with Crippen LogP contribution < -0.4 is 5.32 Å². The number of nitrogens with one attached hydrogen (secondary N) is 1. The highest BCUT2D eigenvalue weighted by atomic mass is 16.4. The van der Waals surface area contributed by atoms with Crippen LogP contribution in [0.2, 0.25) is 0 Å². The molecule has 5 heteroatoms. The van der Waals surface area contributed by atoms with Gasteiger partial charge in [0.2, 0.25) is 0 Å². The normalized spacial score (nSPS) is 17.4. The Bertz CT molecular complexity index is 298. The molecule has 1 aliphatic rings. The third-order valence-electron chi connectivity index (χ3n) is 3.31. The summed E-state index contributed by atoms with van der Waals surface area (Å²) in [6.07, 6.45) is 2.80. The molecule has 0 atom stereocenters. The zero-order valence-electron chi connectivity index (χ0n) is 10.8. The largest absolute Gasteiger partial charge is 0.480 e. The maximum Gasteiger partial charge on any atom is 0.329 e. The predicted molar refractivity (Wildman–Crippen MR) is 64.9 cm³/mol. The summed E-state index contributed by atoms with van der Waals surface area (Å²) >= 11 is 0. The molecule has 1 saturated carbocycles. The predicted octanol–water partition coefficient (Wildman–Crippen LogP) is 1.82. The molecule has 1 fully saturated rings. The van der Waals surface area contributed by atoms with Crippen molar-refractivity contribution in [3.63, 3.8) is 0 Å². The van der Waals surface area contributed by atoms with Crippen molar-refractivity contribution >= 4 is 12.0 Å². The quantitative estimate of drug-likeness (QED) is 0.772. The molecule has 98 valence electrons. The van der Waals surface area contributed by atoms with E-state index in [2.05, 4.69) is 5.32 Å². The second-order valence-corrected chi connectivity index (χ2v) is 4.96. The van der Waals surface area contributed by atoms with Gasteiger partial charge >= 0.3 is 12.0 Å². The lowest BCUT2D eigenvalue weighted by atomic mass is 9.77. The van der Waals surface area contributed by atoms with Gasteiger partial charge in [0.1, 0.15) is 5.54 Å². The van der Waals surface area contributed by atoms with E-state index in [1.54, 1.807) is 4.90 Å². The van der Waals surface area contributed by atoms with E-state index in [1.165, 1.54) is 0 Å². The van der Waals surface area contributed by atoms with Gasteiger partial charge in [0.15, 0.2) is 0 Å². The monoisotopic (exact) mass is 242 g/mol. The number of carboxylic acid groups (broad SMARTS) is 1. The number of nitrogens with zero attached hydrogens (tertiary/aromatic N) is 1. The van der Waals surface area contributed by atoms with Gasteiger partial charge < -0.3 is 15.3 Å². The number of aliphatic carboxylic acids is 1. The van der Waals surface area contributed by atoms with Crippen molar-refractivity contribution in [3.05, 3.63) is 0 Å². The lowest BCUT2D eigenvalue weighted by molar-refractivity contribution is -0.148. The van der Waals surface area contributed by atoms with Crippen molar-refractivity contribution in [2.24, 2.45) is 0 Å². The number of urea groups is 1. The molecular weight excluding hydrogens is 220 g/mol. The molecule has 0 aromatic heterocycles. The molecule has 2 amide bonds. The zero-order chi connectivity index (χ0) is 13.1. The number of carbonyl (C=O) groups is 2. The number of carbonyl (C=O) groups excluding carboxylic acids is 1. The first-order valence-corrected chi connectivity index (χ1v) is 6.25. The minimum Gasteiger partial charge on any atom is -0.480 e. The summed E-state index contributed by atoms with van der Waals surface area (Å²) in [5.74, 6) is -0.919. The SMILES string of the molecule is CCCN(C(=O)NC1(C(=O)O)CCC1)C(C)C. The van der Waals surface area contributed by atoms with Gasteiger partial charge in [-0.3, -0.25) is 0 Å². The fourth-order valence-electron chi connectivity index (χ4n) is 2.03. The van der Waals surface area contributed by atoms with Crippen molar-refractivity contribution in [3.8, 4) is 0 Å². The fourth-order valence-corrected chi connectivity index (χ4v) is 2.03. The van der Waals surface area contributed by atoms with E-state index < -0.39 is 11.5 Å². The number of hydrogen-bond donors (Lipinski definition) is 2. The molecule has 1 rings (SSSR count). The Morgan fingerprint density at radius 1 is 1.41 bits per heavy atom. The molecule has 17 heavy (non-hydrogen) atoms. The van der Waals surface area contributed by atoms with Crippen LogP contribution in [0.3, 0.4) is 0 Å². The number of amides is 2. The van der Waals surface area contributed by atoms with Crippen LogP contribution in [0.15, 0.2) is 0 Å². The molecule has 1 aliphatic carbocycles. The smallest absolute Gasteiger partial charge is 0.329 e. The Hall–Kier alpha value is -1.26. The van der Waals surface area contributed by atoms with Crippen LogP contribution >= 0.6 is 0 Å². The summed E-state index contributed by atoms with van der Waals surface area (Å²) < 4.78 is 0. The van der Waals surface area contributed by atoms with E-state index in [0.29, 0.717) is 19.4 Å². The molecule has 0 aromatic carbocycles. The van der Waals surface area contributed by atoms with Crippen molar-refractivity contribution in [1.82, 2.24) is 10.2 Å². The van der Waals surface area contributed by atoms with Crippen molar-refractivity contribution in [1.29, 1.82) is 0 Å². The van der Waals surface area contributed by atoms with E-state index >= 15 is 0 Å². The van der Waals surface area contributed by atoms with E-state index in [4.69, 9.17) is 5.11 Å². The van der Waals surface area contributed by atoms with Gasteiger partial charge in [0.05, 0.1) is 0 Å². The summed E-state index contributed by atoms with van der Waals surface area (Å²) in [5.41, 5.74) is -1.02. The first-order chi connectivity index (χ1) is 7.93. The van der Waals surface area contributed by atoms with E-state index in [9.17, 15) is 9.59 Å². The van der Waals surface area contributed by atoms with Gasteiger partial charge in [-0.15, -0.1) is 0 Å². The highest BCUT2D eigenvalue weighted by Crippen LogP contribution is 2.32. The minimum atomic E-state index is -1.02. The van der Waals surface area contributed by atoms with Crippen molar-refractivity contribution in [2.45, 2.75) is 58.0 Å². The van der Waals surface area contributed by atoms with Crippen molar-refractivity contribution in [2.75, 3.05) is 6.54 Å². The van der Waals surface area contributed by atoms with Gasteiger partial charge in [-0.2, -0.15) is 0 Å². The van der Waals surface area contributed by atoms with Crippen LogP contribution in [0, 0.1) is 0 Å². The highest BCUT2D eigenvalue weighted by Gasteiger charge is 2.46. The zero-order valence-corrected chi connectivity index (χ0v) is 10.8. The Morgan fingerprint density at radius 2 is 2.00 bits per heavy atom. The summed E-state index contributed by atoms with van der Waals surface area (Å²) in [5, 5.41) is 11.8. The summed E-state index contributed by atoms with van der Waals surface area (Å²) in [4.78, 5) is 24.9. The Labute approximate surface area is 102 Å². The summed E-state index contributed by atoms with van der Waals surface area (Å²) in [6, 6.07) is -0.176. The van der Waals surface area contributed by atoms with Crippen LogP contribution in [0.1, 0.15) is 46.5 Å². The number of hydrogen-bond acceptors (Lipinski definition) is 2. The summed E-state index contributed by atoms with van der Waals surface area (Å²) in [7, 11) is 0. The lowest BCUT2D eigenvalue weighted by Gasteiger charge is -2.40. The molecule has 0 spiro atoms. The molecule has 0 aromatic rings. The number of carboxylic acids is 1. The first-order valence-electron chi connectivity index (χ1n) is 6.25. The topological polar surface area (TPSA) is 69.6 Å². The molecule has 0 radical (unpaired) electrons. The van der Waals surface area contributed by atoms with Gasteiger partial charge in [-0.05, 0) is 39.5 Å². The van der Waals surface area contributed by atoms with Crippen LogP contribution in [-0.4, -0.2) is 40.1 Å². The van der Waals surface area contributed by atoms with E-state index in [1.807, 2.05) is 20.8 Å². The van der Waals surface area contributed by atoms with Gasteiger partial charge in [-0.1, -0.05) is 6.92 Å². The molecule has 5 nitrogen and oxygen atoms in total. The molecule has 0 bridgehead atoms. The minimum absolute atomic E-state index is 0.0841. The average molecular weight is 242 g/mol. The second-order valence-electron chi connectivity index (χ2n) is 4.96. The molecule has 0 unspecified atom stereocenters. The first kappa shape index (κ1) is 13.8. The molecule has 0 heterocycles. The van der Waals surface area contributed by atoms with Crippen LogP contribution in [-0.2, 0) is 4.79 Å². The molecule has 0 saturated heterocycles. The molecule has 2 N–H and O–H groups in total. The van der Waals surface area contributed by atoms with Crippen LogP contribution in [0.4, 0.5) is 4.79 Å². The van der Waals surface area contributed by atoms with Gasteiger partial charge in [0, 0.05) is 12.6 Å². The molecular formula is C12H22N2O3. The third kappa shape index (κ3) is 2.90. The second kappa shape index (κ2) is 5.38. The fraction of sp³-hybridized carbons (Fsp3) is 0.833. The number of rotatable bonds is 5. The standard InChI is InChI=1S/C12H22N2O3/c1-4-8-14(9(2)3)11(17)13-12(10(15)16)6-5-7-12/h9H,4-8H2,1-3H3,(H,13,17)(H,15,16). The highest BCUT2D eigenvalue weighted by molar-refractivity contribution is 5.87. The maximum absolute atomic E-state index is 12.0. The Balaban J connectivity index is 2.66. The third-order valence-corrected chi connectivity index (χ3v) is 3.31. The average Bonchev–Trinajstić information content (AvgIpc) is 2.18. The van der Waals surface area contributed by atoms with Gasteiger partial charge in [-0.25, -0.2) is 9.59 Å².